The zero-order chi connectivity index (χ0) is 60.7. The van der Waals surface area contributed by atoms with Crippen LogP contribution in [0.5, 0.6) is 5.75 Å². The number of nitrogens with zero attached hydrogens (tertiary/aromatic N) is 3. The smallest absolute Gasteiger partial charge is 0.148 e. The third kappa shape index (κ3) is 10.4. The van der Waals surface area contributed by atoms with E-state index in [0.29, 0.717) is 61.6 Å². The van der Waals surface area contributed by atoms with E-state index in [-0.39, 0.29) is 60.6 Å². The second-order valence-corrected chi connectivity index (χ2v) is 21.6. The Morgan fingerprint density at radius 2 is 1.19 bits per heavy atom. The molecule has 0 saturated carbocycles. The van der Waals surface area contributed by atoms with Crippen LogP contribution in [0.4, 0.5) is 0 Å². The molecule has 0 fully saturated rings. The summed E-state index contributed by atoms with van der Waals surface area (Å²) in [4.78, 5) is 10.3. The summed E-state index contributed by atoms with van der Waals surface area (Å²) in [5, 5.41) is 12.4. The van der Waals surface area contributed by atoms with Gasteiger partial charge >= 0.3 is 0 Å². The molecule has 0 bridgehead atoms. The van der Waals surface area contributed by atoms with Gasteiger partial charge < -0.3 is 5.11 Å². The van der Waals surface area contributed by atoms with Crippen LogP contribution in [-0.4, -0.2) is 19.6 Å². The van der Waals surface area contributed by atoms with E-state index in [0.717, 1.165) is 44.5 Å². The number of benzene rings is 7. The van der Waals surface area contributed by atoms with Crippen molar-refractivity contribution in [2.45, 2.75) is 125 Å². The van der Waals surface area contributed by atoms with Gasteiger partial charge in [0.05, 0.1) is 22.3 Å². The molecule has 7 aromatic carbocycles. The number of phenolic OH excluding ortho intramolecular Hbond substituents is 1. The molecule has 0 aliphatic heterocycles. The number of para-hydroxylation sites is 1. The molecule has 0 aliphatic rings. The van der Waals surface area contributed by atoms with Gasteiger partial charge in [-0.25, -0.2) is 4.98 Å². The Hall–Kier alpha value is -6.35. The number of hydrogen-bond acceptors (Lipinski definition) is 3. The Labute approximate surface area is 460 Å². The molecule has 370 valence electrons. The Morgan fingerprint density at radius 1 is 0.556 bits per heavy atom. The Balaban J connectivity index is 0.00000920. The van der Waals surface area contributed by atoms with E-state index in [9.17, 15) is 9.22 Å². The molecule has 0 atom stereocenters. The van der Waals surface area contributed by atoms with Gasteiger partial charge in [0.1, 0.15) is 11.6 Å². The number of imidazole rings is 1. The SMILES string of the molecule is [2H]C([2H])([2H])c1cc(-c2cc(C(C)(C)C)cc(C(C)(C)C)c2)ccc1-n1c(-c2cc(C(C)C)cc(C(C)C)c2O)nc2c(-c3[c-]c(-c4cc(-c5ccc(C(C([2H])([2H])[2H])(C([2H])([2H])[2H])C([2H])([2H])[2H])cc5)ccn4)cc(-c4ccccc4)c3)cccc21.[Pt]. The summed E-state index contributed by atoms with van der Waals surface area (Å²) in [6, 6.07) is 48.6. The third-order valence-electron chi connectivity index (χ3n) is 13.6. The summed E-state index contributed by atoms with van der Waals surface area (Å²) in [6.07, 6.45) is 1.62. The van der Waals surface area contributed by atoms with Crippen molar-refractivity contribution in [1.29, 1.82) is 0 Å². The fourth-order valence-corrected chi connectivity index (χ4v) is 9.26. The summed E-state index contributed by atoms with van der Waals surface area (Å²) in [5.74, 6) is 0.410. The van der Waals surface area contributed by atoms with Crippen molar-refractivity contribution in [3.63, 3.8) is 0 Å². The second kappa shape index (κ2) is 19.9. The van der Waals surface area contributed by atoms with E-state index in [1.165, 1.54) is 24.3 Å². The van der Waals surface area contributed by atoms with Gasteiger partial charge in [0, 0.05) is 49.4 Å². The zero-order valence-corrected chi connectivity index (χ0v) is 45.0. The number of aryl methyl sites for hydroxylation is 1. The van der Waals surface area contributed by atoms with E-state index in [1.807, 2.05) is 109 Å². The summed E-state index contributed by atoms with van der Waals surface area (Å²) in [6.45, 7) is 8.47. The molecule has 2 heterocycles. The normalized spacial score (nSPS) is 15.4. The monoisotopic (exact) mass is 1140 g/mol. The minimum atomic E-state index is -3.41. The van der Waals surface area contributed by atoms with Gasteiger partial charge in [0.15, 0.2) is 0 Å². The van der Waals surface area contributed by atoms with Gasteiger partial charge in [-0.2, -0.15) is 0 Å². The predicted molar refractivity (Wildman–Crippen MR) is 301 cm³/mol. The molecule has 0 unspecified atom stereocenters. The van der Waals surface area contributed by atoms with Gasteiger partial charge in [0.25, 0.3) is 0 Å². The van der Waals surface area contributed by atoms with Gasteiger partial charge in [-0.05, 0) is 126 Å². The second-order valence-electron chi connectivity index (χ2n) is 21.6. The van der Waals surface area contributed by atoms with Crippen LogP contribution in [0, 0.1) is 12.9 Å². The molecule has 1 N–H and O–H groups in total. The van der Waals surface area contributed by atoms with Crippen molar-refractivity contribution in [1.82, 2.24) is 14.5 Å². The van der Waals surface area contributed by atoms with E-state index >= 15 is 0 Å². The van der Waals surface area contributed by atoms with Crippen LogP contribution in [0.1, 0.15) is 151 Å². The molecule has 0 aliphatic carbocycles. The van der Waals surface area contributed by atoms with Crippen LogP contribution in [0.25, 0.3) is 83.9 Å². The number of aromatic hydroxyl groups is 1. The first kappa shape index (κ1) is 38.3. The van der Waals surface area contributed by atoms with Crippen molar-refractivity contribution >= 4 is 11.0 Å². The number of pyridine rings is 1. The molecule has 0 saturated heterocycles. The molecule has 5 heteroatoms. The van der Waals surface area contributed by atoms with Crippen LogP contribution in [0.3, 0.4) is 0 Å². The van der Waals surface area contributed by atoms with Crippen molar-refractivity contribution in [2.75, 3.05) is 0 Å². The van der Waals surface area contributed by atoms with Gasteiger partial charge in [-0.3, -0.25) is 9.55 Å². The van der Waals surface area contributed by atoms with E-state index in [1.54, 1.807) is 18.3 Å². The van der Waals surface area contributed by atoms with Crippen LogP contribution < -0.4 is 0 Å². The first-order chi connectivity index (χ1) is 38.5. The molecule has 72 heavy (non-hydrogen) atoms. The average Bonchev–Trinajstić information content (AvgIpc) is 0.909. The summed E-state index contributed by atoms with van der Waals surface area (Å²) < 4.78 is 104. The number of phenols is 1. The topological polar surface area (TPSA) is 50.9 Å². The van der Waals surface area contributed by atoms with E-state index in [4.69, 9.17) is 22.3 Å². The number of hydrogen-bond donors (Lipinski definition) is 1. The number of fused-ring (bicyclic) bond motifs is 1. The van der Waals surface area contributed by atoms with Crippen molar-refractivity contribution < 1.29 is 42.6 Å². The number of rotatable bonds is 9. The largest absolute Gasteiger partial charge is 0.507 e. The number of aromatic nitrogens is 3. The molecular weight excluding hydrogens is 1060 g/mol. The van der Waals surface area contributed by atoms with Crippen LogP contribution >= 0.6 is 0 Å². The maximum absolute atomic E-state index is 12.4. The molecule has 2 aromatic heterocycles. The zero-order valence-electron chi connectivity index (χ0n) is 54.7. The maximum atomic E-state index is 12.4. The Bertz CT molecular complexity index is 3830. The van der Waals surface area contributed by atoms with Crippen LogP contribution in [0.2, 0.25) is 0 Å². The van der Waals surface area contributed by atoms with E-state index in [2.05, 4.69) is 79.7 Å². The van der Waals surface area contributed by atoms with Crippen molar-refractivity contribution in [3.05, 3.63) is 191 Å². The van der Waals surface area contributed by atoms with Gasteiger partial charge in [-0.15, -0.1) is 23.8 Å². The minimum absolute atomic E-state index is 0. The molecule has 0 spiro atoms. The van der Waals surface area contributed by atoms with Crippen LogP contribution in [0.15, 0.2) is 152 Å². The minimum Gasteiger partial charge on any atom is -0.507 e. The van der Waals surface area contributed by atoms with E-state index < -0.39 is 32.8 Å². The average molecular weight is 1140 g/mol. The fourth-order valence-electron chi connectivity index (χ4n) is 9.26. The summed E-state index contributed by atoms with van der Waals surface area (Å²) in [5.41, 5.74) is 9.13. The summed E-state index contributed by atoms with van der Waals surface area (Å²) >= 11 is 0. The standard InChI is InChI=1S/C67H70N3O.Pt/c1-41(2)48-37-57(42(3)4)63(71)58(38-48)64-69-62-56(21-18-22-61(62)70(64)60-28-25-46(31-43(60)5)50-35-54(66(9,10)11)40-55(36-50)67(12,13)14)51-32-49(44-19-16-15-17-20-44)33-52(34-51)59-39-47(29-30-68-59)45-23-26-53(27-24-45)65(6,7)8;/h15-33,35-42,71H,1-14H3;/q-1;/i5D3,6D3,7D3,8D3;. The molecule has 4 nitrogen and oxygen atoms in total. The third-order valence-corrected chi connectivity index (χ3v) is 13.6. The Kier molecular flexibility index (Phi) is 10.6. The predicted octanol–water partition coefficient (Wildman–Crippen LogP) is 18.4. The summed E-state index contributed by atoms with van der Waals surface area (Å²) in [7, 11) is 0. The molecule has 0 amide bonds. The van der Waals surface area contributed by atoms with Crippen molar-refractivity contribution in [2.24, 2.45) is 0 Å². The Morgan fingerprint density at radius 3 is 1.83 bits per heavy atom. The molecule has 0 radical (unpaired) electrons. The maximum Gasteiger partial charge on any atom is 0.148 e. The van der Waals surface area contributed by atoms with Crippen LogP contribution in [-0.2, 0) is 37.3 Å². The van der Waals surface area contributed by atoms with Crippen molar-refractivity contribution in [3.8, 4) is 78.6 Å². The first-order valence-corrected chi connectivity index (χ1v) is 24.4. The molecule has 9 aromatic rings. The molecular formula is C67H70N3OPt-. The first-order valence-electron chi connectivity index (χ1n) is 30.4. The fraction of sp³-hybridized carbons (Fsp3) is 0.284. The molecule has 9 rings (SSSR count). The van der Waals surface area contributed by atoms with Gasteiger partial charge in [-0.1, -0.05) is 210 Å². The van der Waals surface area contributed by atoms with Gasteiger partial charge in [0.2, 0.25) is 0 Å². The quantitative estimate of drug-likeness (QED) is 0.147.